The predicted molar refractivity (Wildman–Crippen MR) is 97.4 cm³/mol. The van der Waals surface area contributed by atoms with Crippen LogP contribution in [0.4, 0.5) is 5.69 Å². The molecular weight excluding hydrogens is 359 g/mol. The Labute approximate surface area is 153 Å². The van der Waals surface area contributed by atoms with Gasteiger partial charge in [0.05, 0.1) is 34.1 Å². The van der Waals surface area contributed by atoms with Crippen LogP contribution in [0.3, 0.4) is 0 Å². The Bertz CT molecular complexity index is 1020. The Morgan fingerprint density at radius 3 is 2.36 bits per heavy atom. The Kier molecular flexibility index (Phi) is 4.54. The molecular formula is C18H8Cl2N4O. The molecule has 0 amide bonds. The smallest absolute Gasteiger partial charge is 0.234 e. The standard InChI is InChI=1S/C18H8Cl2N4O/c1-22-16-12(9-21)18(24-15(16)10-5-3-2-4-6-10)23-11-7-13(19)17(25)14(20)8-11/h2-8,25H. The van der Waals surface area contributed by atoms with E-state index >= 15 is 0 Å². The first-order chi connectivity index (χ1) is 12.0. The molecule has 25 heavy (non-hydrogen) atoms. The maximum atomic E-state index is 9.62. The number of aromatic hydroxyl groups is 1. The van der Waals surface area contributed by atoms with E-state index in [-0.39, 0.29) is 32.9 Å². The highest BCUT2D eigenvalue weighted by Gasteiger charge is 2.27. The Morgan fingerprint density at radius 2 is 1.80 bits per heavy atom. The van der Waals surface area contributed by atoms with Gasteiger partial charge in [0.25, 0.3) is 0 Å². The minimum atomic E-state index is -0.245. The van der Waals surface area contributed by atoms with E-state index in [0.29, 0.717) is 17.0 Å². The van der Waals surface area contributed by atoms with Crippen LogP contribution in [0.1, 0.15) is 5.56 Å². The lowest BCUT2D eigenvalue weighted by Gasteiger charge is -2.02. The van der Waals surface area contributed by atoms with Gasteiger partial charge in [-0.05, 0) is 17.7 Å². The maximum absolute atomic E-state index is 9.62. The fraction of sp³-hybridized carbons (Fsp3) is 0. The summed E-state index contributed by atoms with van der Waals surface area (Å²) in [5.41, 5.74) is 1.64. The van der Waals surface area contributed by atoms with Crippen molar-refractivity contribution in [2.24, 2.45) is 9.98 Å². The van der Waals surface area contributed by atoms with Crippen LogP contribution in [0.5, 0.6) is 5.75 Å². The fourth-order valence-corrected chi connectivity index (χ4v) is 2.74. The molecule has 7 heteroatoms. The van der Waals surface area contributed by atoms with E-state index in [1.54, 1.807) is 12.1 Å². The molecule has 0 unspecified atom stereocenters. The number of amidine groups is 1. The molecule has 1 aliphatic rings. The van der Waals surface area contributed by atoms with Crippen molar-refractivity contribution in [3.63, 3.8) is 0 Å². The molecule has 1 N–H and O–H groups in total. The van der Waals surface area contributed by atoms with Crippen LogP contribution in [0.25, 0.3) is 4.85 Å². The Hall–Kier alpha value is -3.12. The lowest BCUT2D eigenvalue weighted by atomic mass is 10.1. The van der Waals surface area contributed by atoms with Crippen LogP contribution in [-0.4, -0.2) is 16.7 Å². The van der Waals surface area contributed by atoms with Crippen LogP contribution in [0.15, 0.2) is 63.7 Å². The van der Waals surface area contributed by atoms with E-state index in [1.165, 1.54) is 12.1 Å². The summed E-state index contributed by atoms with van der Waals surface area (Å²) in [6.45, 7) is 7.38. The van der Waals surface area contributed by atoms with Crippen LogP contribution in [-0.2, 0) is 0 Å². The van der Waals surface area contributed by atoms with E-state index in [2.05, 4.69) is 14.8 Å². The van der Waals surface area contributed by atoms with Gasteiger partial charge in [-0.1, -0.05) is 53.5 Å². The lowest BCUT2D eigenvalue weighted by Crippen LogP contribution is -1.99. The highest BCUT2D eigenvalue weighted by atomic mass is 35.5. The molecule has 0 aromatic heterocycles. The van der Waals surface area contributed by atoms with Crippen molar-refractivity contribution in [3.8, 4) is 11.8 Å². The van der Waals surface area contributed by atoms with Crippen molar-refractivity contribution in [1.82, 2.24) is 0 Å². The summed E-state index contributed by atoms with van der Waals surface area (Å²) in [5, 5.41) is 19.1. The first kappa shape index (κ1) is 16.7. The summed E-state index contributed by atoms with van der Waals surface area (Å²) in [4.78, 5) is 12.1. The minimum Gasteiger partial charge on any atom is -0.505 e. The van der Waals surface area contributed by atoms with Crippen molar-refractivity contribution in [2.45, 2.75) is 0 Å². The molecule has 0 radical (unpaired) electrons. The number of benzene rings is 2. The molecule has 1 heterocycles. The third-order valence-electron chi connectivity index (χ3n) is 3.41. The van der Waals surface area contributed by atoms with Gasteiger partial charge in [0.1, 0.15) is 5.57 Å². The van der Waals surface area contributed by atoms with Crippen molar-refractivity contribution >= 4 is 40.4 Å². The van der Waals surface area contributed by atoms with E-state index < -0.39 is 0 Å². The summed E-state index contributed by atoms with van der Waals surface area (Å²) in [6.07, 6.45) is 0. The highest BCUT2D eigenvalue weighted by Crippen LogP contribution is 2.36. The first-order valence-corrected chi connectivity index (χ1v) is 7.74. The van der Waals surface area contributed by atoms with Crippen LogP contribution in [0, 0.1) is 17.9 Å². The predicted octanol–water partition coefficient (Wildman–Crippen LogP) is 4.93. The molecule has 0 saturated heterocycles. The molecule has 1 aliphatic heterocycles. The molecule has 120 valence electrons. The number of halogens is 2. The number of hydrogen-bond donors (Lipinski definition) is 1. The second-order valence-electron chi connectivity index (χ2n) is 4.97. The zero-order chi connectivity index (χ0) is 18.0. The van der Waals surface area contributed by atoms with E-state index in [9.17, 15) is 10.4 Å². The van der Waals surface area contributed by atoms with Gasteiger partial charge in [-0.15, -0.1) is 0 Å². The fourth-order valence-electron chi connectivity index (χ4n) is 2.27. The normalized spacial score (nSPS) is 15.0. The van der Waals surface area contributed by atoms with Crippen molar-refractivity contribution in [1.29, 1.82) is 5.26 Å². The molecule has 0 spiro atoms. The Balaban J connectivity index is 2.17. The molecule has 2 aromatic rings. The summed E-state index contributed by atoms with van der Waals surface area (Å²) in [7, 11) is 0. The summed E-state index contributed by atoms with van der Waals surface area (Å²) >= 11 is 11.8. The lowest BCUT2D eigenvalue weighted by molar-refractivity contribution is 0.476. The van der Waals surface area contributed by atoms with E-state index in [1.807, 2.05) is 24.3 Å². The zero-order valence-electron chi connectivity index (χ0n) is 12.5. The topological polar surface area (TPSA) is 73.1 Å². The largest absolute Gasteiger partial charge is 0.505 e. The van der Waals surface area contributed by atoms with Gasteiger partial charge in [-0.2, -0.15) is 5.26 Å². The number of nitrogens with zero attached hydrogens (tertiary/aromatic N) is 4. The van der Waals surface area contributed by atoms with E-state index in [4.69, 9.17) is 29.8 Å². The molecule has 0 bridgehead atoms. The Morgan fingerprint density at radius 1 is 1.16 bits per heavy atom. The molecule has 0 atom stereocenters. The van der Waals surface area contributed by atoms with Crippen LogP contribution >= 0.6 is 23.2 Å². The summed E-state index contributed by atoms with van der Waals surface area (Å²) in [6, 6.07) is 13.9. The van der Waals surface area contributed by atoms with Gasteiger partial charge in [0, 0.05) is 0 Å². The number of phenolic OH excluding ortho intramolecular Hbond substituents is 1. The molecule has 5 nitrogen and oxygen atoms in total. The SMILES string of the molecule is [C-]#[N+]C1=C(C#N)C(=Nc2cc(Cl)c(O)c(Cl)c2)N=C1c1ccccc1. The summed E-state index contributed by atoms with van der Waals surface area (Å²) in [5.74, 6) is -0.143. The first-order valence-electron chi connectivity index (χ1n) is 6.98. The van der Waals surface area contributed by atoms with Crippen molar-refractivity contribution in [3.05, 3.63) is 80.8 Å². The molecule has 0 aliphatic carbocycles. The number of aliphatic imine (C=N–C) groups is 2. The molecule has 0 fully saturated rings. The third-order valence-corrected chi connectivity index (χ3v) is 3.99. The average molecular weight is 367 g/mol. The van der Waals surface area contributed by atoms with Gasteiger partial charge in [0.15, 0.2) is 11.6 Å². The summed E-state index contributed by atoms with van der Waals surface area (Å²) < 4.78 is 0. The van der Waals surface area contributed by atoms with Crippen LogP contribution in [0.2, 0.25) is 10.0 Å². The second-order valence-corrected chi connectivity index (χ2v) is 5.78. The van der Waals surface area contributed by atoms with Crippen LogP contribution < -0.4 is 0 Å². The van der Waals surface area contributed by atoms with Crippen molar-refractivity contribution < 1.29 is 5.11 Å². The van der Waals surface area contributed by atoms with Gasteiger partial charge in [-0.25, -0.2) is 14.8 Å². The quantitative estimate of drug-likeness (QED) is 0.765. The number of hydrogen-bond acceptors (Lipinski definition) is 3. The monoisotopic (exact) mass is 366 g/mol. The zero-order valence-corrected chi connectivity index (χ0v) is 14.0. The van der Waals surface area contributed by atoms with Gasteiger partial charge >= 0.3 is 0 Å². The average Bonchev–Trinajstić information content (AvgIpc) is 2.97. The highest BCUT2D eigenvalue weighted by molar-refractivity contribution is 6.37. The number of nitriles is 1. The molecule has 3 rings (SSSR count). The number of phenols is 1. The maximum Gasteiger partial charge on any atom is 0.234 e. The third kappa shape index (κ3) is 3.12. The van der Waals surface area contributed by atoms with E-state index in [0.717, 1.165) is 0 Å². The van der Waals surface area contributed by atoms with Crippen molar-refractivity contribution in [2.75, 3.05) is 0 Å². The minimum absolute atomic E-state index is 0.0324. The number of rotatable bonds is 2. The molecule has 2 aromatic carbocycles. The second kappa shape index (κ2) is 6.78. The number of allylic oxidation sites excluding steroid dienone is 1. The van der Waals surface area contributed by atoms with Gasteiger partial charge in [0.2, 0.25) is 5.70 Å². The van der Waals surface area contributed by atoms with Gasteiger partial charge < -0.3 is 5.11 Å². The molecule has 0 saturated carbocycles. The van der Waals surface area contributed by atoms with Gasteiger partial charge in [-0.3, -0.25) is 0 Å².